The maximum Gasteiger partial charge on any atom is 0.132 e. The van der Waals surface area contributed by atoms with Gasteiger partial charge >= 0.3 is 0 Å². The number of hydrogen-bond acceptors (Lipinski definition) is 4. The van der Waals surface area contributed by atoms with Crippen LogP contribution in [-0.2, 0) is 6.61 Å². The van der Waals surface area contributed by atoms with Crippen molar-refractivity contribution < 1.29 is 13.9 Å². The van der Waals surface area contributed by atoms with Crippen LogP contribution in [0.25, 0.3) is 27.6 Å². The molecule has 0 radical (unpaired) electrons. The van der Waals surface area contributed by atoms with Gasteiger partial charge in [0.2, 0.25) is 0 Å². The van der Waals surface area contributed by atoms with Crippen LogP contribution in [0.1, 0.15) is 43.4 Å². The van der Waals surface area contributed by atoms with Gasteiger partial charge in [-0.15, -0.1) is 0 Å². The van der Waals surface area contributed by atoms with Gasteiger partial charge in [-0.3, -0.25) is 4.99 Å². The third kappa shape index (κ3) is 4.49. The first-order valence-electron chi connectivity index (χ1n) is 10.5. The number of rotatable bonds is 5. The lowest BCUT2D eigenvalue weighted by atomic mass is 9.96. The molecule has 1 fully saturated rings. The highest BCUT2D eigenvalue weighted by Gasteiger charge is 2.15. The Labute approximate surface area is 180 Å². The first kappa shape index (κ1) is 21.1. The average Bonchev–Trinajstić information content (AvgIpc) is 2.79. The van der Waals surface area contributed by atoms with Crippen LogP contribution in [0.3, 0.4) is 0 Å². The van der Waals surface area contributed by atoms with Crippen LogP contribution < -0.4 is 5.73 Å². The van der Waals surface area contributed by atoms with Gasteiger partial charge in [0.25, 0.3) is 0 Å². The molecule has 0 amide bonds. The number of allylic oxidation sites excluding steroid dienone is 1. The Morgan fingerprint density at radius 2 is 1.84 bits per heavy atom. The molecule has 0 bridgehead atoms. The highest BCUT2D eigenvalue weighted by Crippen LogP contribution is 2.31. The van der Waals surface area contributed by atoms with E-state index in [4.69, 9.17) is 15.7 Å². The summed E-state index contributed by atoms with van der Waals surface area (Å²) in [7, 11) is 0. The Morgan fingerprint density at radius 1 is 1.10 bits per heavy atom. The van der Waals surface area contributed by atoms with Crippen LogP contribution in [0.5, 0.6) is 0 Å². The Bertz CT molecular complexity index is 1130. The number of aliphatic hydroxyl groups is 1. The van der Waals surface area contributed by atoms with Gasteiger partial charge < -0.3 is 10.8 Å². The van der Waals surface area contributed by atoms with Crippen LogP contribution in [0.2, 0.25) is 0 Å². The van der Waals surface area contributed by atoms with E-state index in [0.717, 1.165) is 18.2 Å². The molecule has 6 heteroatoms. The molecule has 3 aromatic rings. The molecular weight excluding hydrogens is 396 g/mol. The van der Waals surface area contributed by atoms with E-state index in [1.54, 1.807) is 12.3 Å². The van der Waals surface area contributed by atoms with Gasteiger partial charge in [-0.05, 0) is 36.6 Å². The molecule has 0 atom stereocenters. The summed E-state index contributed by atoms with van der Waals surface area (Å²) in [6.07, 6.45) is 9.10. The molecule has 1 aromatic heterocycles. The quantitative estimate of drug-likeness (QED) is 0.544. The van der Waals surface area contributed by atoms with Crippen molar-refractivity contribution in [1.29, 1.82) is 0 Å². The van der Waals surface area contributed by atoms with E-state index in [1.165, 1.54) is 37.6 Å². The van der Waals surface area contributed by atoms with E-state index < -0.39 is 18.2 Å². The minimum Gasteiger partial charge on any atom is -0.404 e. The highest BCUT2D eigenvalue weighted by molar-refractivity contribution is 6.09. The van der Waals surface area contributed by atoms with E-state index in [-0.39, 0.29) is 5.56 Å². The Morgan fingerprint density at radius 3 is 2.52 bits per heavy atom. The molecule has 31 heavy (non-hydrogen) atoms. The molecule has 0 unspecified atom stereocenters. The van der Waals surface area contributed by atoms with Gasteiger partial charge in [0.05, 0.1) is 17.8 Å². The van der Waals surface area contributed by atoms with E-state index >= 15 is 0 Å². The fraction of sp³-hybridized carbons (Fsp3) is 0.280. The zero-order valence-electron chi connectivity index (χ0n) is 17.2. The minimum atomic E-state index is -0.784. The van der Waals surface area contributed by atoms with Gasteiger partial charge in [-0.2, -0.15) is 0 Å². The molecule has 1 saturated carbocycles. The maximum absolute atomic E-state index is 14.3. The molecule has 1 aliphatic carbocycles. The zero-order chi connectivity index (χ0) is 21.8. The number of nitrogens with zero attached hydrogens (tertiary/aromatic N) is 2. The Kier molecular flexibility index (Phi) is 6.37. The smallest absolute Gasteiger partial charge is 0.132 e. The monoisotopic (exact) mass is 421 g/mol. The third-order valence-electron chi connectivity index (χ3n) is 5.80. The second kappa shape index (κ2) is 9.35. The predicted molar refractivity (Wildman–Crippen MR) is 121 cm³/mol. The summed E-state index contributed by atoms with van der Waals surface area (Å²) in [5, 5.41) is 10.0. The first-order chi connectivity index (χ1) is 15.1. The fourth-order valence-electron chi connectivity index (χ4n) is 4.06. The van der Waals surface area contributed by atoms with Crippen molar-refractivity contribution >= 4 is 22.7 Å². The average molecular weight is 421 g/mol. The third-order valence-corrected chi connectivity index (χ3v) is 5.80. The van der Waals surface area contributed by atoms with Crippen LogP contribution in [0.15, 0.2) is 53.7 Å². The number of nitrogens with two attached hydrogens (primary N) is 1. The van der Waals surface area contributed by atoms with Crippen molar-refractivity contribution in [1.82, 2.24) is 4.98 Å². The number of aromatic nitrogens is 1. The standard InChI is InChI=1S/C25H25F2N3O/c26-22-11-17(12-23(27)21(22)15-31)20-8-4-5-16-9-10-24(30-25(16)20)18(13-28)14-29-19-6-2-1-3-7-19/h4-5,8-14,19,31H,1-3,6-7,15,28H2. The topological polar surface area (TPSA) is 71.5 Å². The van der Waals surface area contributed by atoms with Gasteiger partial charge in [0.15, 0.2) is 0 Å². The number of para-hydroxylation sites is 1. The van der Waals surface area contributed by atoms with Gasteiger partial charge in [0, 0.05) is 40.5 Å². The van der Waals surface area contributed by atoms with Crippen molar-refractivity contribution in [2.24, 2.45) is 10.7 Å². The van der Waals surface area contributed by atoms with E-state index in [9.17, 15) is 13.9 Å². The lowest BCUT2D eigenvalue weighted by Crippen LogP contribution is -2.10. The molecule has 0 saturated heterocycles. The molecule has 4 nitrogen and oxygen atoms in total. The molecule has 1 heterocycles. The van der Waals surface area contributed by atoms with Gasteiger partial charge in [-0.1, -0.05) is 43.5 Å². The predicted octanol–water partition coefficient (Wildman–Crippen LogP) is 5.38. The summed E-state index contributed by atoms with van der Waals surface area (Å²) in [6.45, 7) is -0.694. The van der Waals surface area contributed by atoms with Crippen LogP contribution >= 0.6 is 0 Å². The second-order valence-electron chi connectivity index (χ2n) is 7.84. The molecule has 1 aliphatic rings. The van der Waals surface area contributed by atoms with E-state index in [0.29, 0.717) is 34.0 Å². The lowest BCUT2D eigenvalue weighted by molar-refractivity contribution is 0.269. The molecule has 4 rings (SSSR count). The Balaban J connectivity index is 1.74. The highest BCUT2D eigenvalue weighted by atomic mass is 19.1. The zero-order valence-corrected chi connectivity index (χ0v) is 17.2. The number of hydrogen-bond donors (Lipinski definition) is 2. The number of aliphatic hydroxyl groups excluding tert-OH is 1. The van der Waals surface area contributed by atoms with Crippen molar-refractivity contribution in [3.05, 3.63) is 71.6 Å². The minimum absolute atomic E-state index is 0.315. The maximum atomic E-state index is 14.3. The summed E-state index contributed by atoms with van der Waals surface area (Å²) in [6, 6.07) is 12.0. The van der Waals surface area contributed by atoms with E-state index in [1.807, 2.05) is 24.3 Å². The number of pyridine rings is 1. The fourth-order valence-corrected chi connectivity index (χ4v) is 4.06. The molecule has 0 spiro atoms. The van der Waals surface area contributed by atoms with Crippen molar-refractivity contribution in [3.63, 3.8) is 0 Å². The molecule has 3 N–H and O–H groups in total. The SMILES string of the molecule is NC=C(C=NC1CCCCC1)c1ccc2cccc(-c3cc(F)c(CO)c(F)c3)c2n1. The van der Waals surface area contributed by atoms with E-state index in [2.05, 4.69) is 0 Å². The summed E-state index contributed by atoms with van der Waals surface area (Å²) in [5.41, 5.74) is 8.45. The number of fused-ring (bicyclic) bond motifs is 1. The lowest BCUT2D eigenvalue weighted by Gasteiger charge is -2.17. The summed E-state index contributed by atoms with van der Waals surface area (Å²) in [4.78, 5) is 9.45. The van der Waals surface area contributed by atoms with Crippen molar-refractivity contribution in [2.45, 2.75) is 44.8 Å². The summed E-state index contributed by atoms with van der Waals surface area (Å²) in [5.74, 6) is -1.57. The first-order valence-corrected chi connectivity index (χ1v) is 10.5. The number of benzene rings is 2. The van der Waals surface area contributed by atoms with Gasteiger partial charge in [0.1, 0.15) is 11.6 Å². The van der Waals surface area contributed by atoms with Gasteiger partial charge in [-0.25, -0.2) is 13.8 Å². The largest absolute Gasteiger partial charge is 0.404 e. The molecule has 160 valence electrons. The van der Waals surface area contributed by atoms with Crippen molar-refractivity contribution in [2.75, 3.05) is 0 Å². The number of aliphatic imine (C=N–C) groups is 1. The molecule has 2 aromatic carbocycles. The van der Waals surface area contributed by atoms with Crippen LogP contribution in [-0.4, -0.2) is 22.3 Å². The summed E-state index contributed by atoms with van der Waals surface area (Å²) >= 11 is 0. The Hall–Kier alpha value is -3.12. The van der Waals surface area contributed by atoms with Crippen molar-refractivity contribution in [3.8, 4) is 11.1 Å². The van der Waals surface area contributed by atoms with Crippen LogP contribution in [0.4, 0.5) is 8.78 Å². The van der Waals surface area contributed by atoms with Crippen LogP contribution in [0, 0.1) is 11.6 Å². The summed E-state index contributed by atoms with van der Waals surface area (Å²) < 4.78 is 28.5. The second-order valence-corrected chi connectivity index (χ2v) is 7.84. The molecule has 0 aliphatic heterocycles. The molecular formula is C25H25F2N3O. The normalized spacial score (nSPS) is 15.8. The number of halogens is 2.